The summed E-state index contributed by atoms with van der Waals surface area (Å²) in [6.07, 6.45) is 7.58. The van der Waals surface area contributed by atoms with Crippen LogP contribution < -0.4 is 4.74 Å². The quantitative estimate of drug-likeness (QED) is 0.369. The molecule has 2 aromatic rings. The Labute approximate surface area is 118 Å². The fourth-order valence-corrected chi connectivity index (χ4v) is 1.72. The standard InChI is InChI=1S/C13H9IN2O2/c14-11-3-1-2-4-12(11)18-13(17)6-5-10-9-15-7-8-16-10/h1-9H. The molecular weight excluding hydrogens is 343 g/mol. The highest BCUT2D eigenvalue weighted by Gasteiger charge is 2.03. The topological polar surface area (TPSA) is 52.1 Å². The number of carbonyl (C=O) groups excluding carboxylic acids is 1. The van der Waals surface area contributed by atoms with Crippen LogP contribution in [0.25, 0.3) is 6.08 Å². The minimum Gasteiger partial charge on any atom is -0.422 e. The van der Waals surface area contributed by atoms with Gasteiger partial charge in [-0.3, -0.25) is 9.97 Å². The van der Waals surface area contributed by atoms with E-state index in [-0.39, 0.29) is 0 Å². The van der Waals surface area contributed by atoms with Gasteiger partial charge in [0.15, 0.2) is 0 Å². The molecule has 5 heteroatoms. The van der Waals surface area contributed by atoms with E-state index in [0.717, 1.165) is 3.57 Å². The second-order valence-electron chi connectivity index (χ2n) is 3.32. The summed E-state index contributed by atoms with van der Waals surface area (Å²) in [5.41, 5.74) is 0.609. The first-order chi connectivity index (χ1) is 8.75. The zero-order chi connectivity index (χ0) is 12.8. The monoisotopic (exact) mass is 352 g/mol. The Hall–Kier alpha value is -1.76. The lowest BCUT2D eigenvalue weighted by Crippen LogP contribution is -2.04. The highest BCUT2D eigenvalue weighted by Crippen LogP contribution is 2.19. The molecule has 1 heterocycles. The molecule has 1 aromatic carbocycles. The van der Waals surface area contributed by atoms with Crippen molar-refractivity contribution in [2.24, 2.45) is 0 Å². The van der Waals surface area contributed by atoms with E-state index in [2.05, 4.69) is 32.6 Å². The Bertz CT molecular complexity index is 570. The summed E-state index contributed by atoms with van der Waals surface area (Å²) < 4.78 is 6.07. The number of rotatable bonds is 3. The van der Waals surface area contributed by atoms with Gasteiger partial charge >= 0.3 is 5.97 Å². The van der Waals surface area contributed by atoms with Gasteiger partial charge in [0.05, 0.1) is 15.5 Å². The van der Waals surface area contributed by atoms with Gasteiger partial charge in [0.1, 0.15) is 5.75 Å². The number of esters is 1. The van der Waals surface area contributed by atoms with Crippen LogP contribution in [-0.2, 0) is 4.79 Å². The predicted octanol–water partition coefficient (Wildman–Crippen LogP) is 2.70. The Morgan fingerprint density at radius 2 is 2.11 bits per heavy atom. The highest BCUT2D eigenvalue weighted by molar-refractivity contribution is 14.1. The number of benzene rings is 1. The van der Waals surface area contributed by atoms with Gasteiger partial charge in [-0.2, -0.15) is 0 Å². The van der Waals surface area contributed by atoms with Crippen LogP contribution in [-0.4, -0.2) is 15.9 Å². The maximum absolute atomic E-state index is 11.6. The first-order valence-electron chi connectivity index (χ1n) is 5.16. The molecule has 0 saturated heterocycles. The van der Waals surface area contributed by atoms with Crippen molar-refractivity contribution in [3.05, 3.63) is 58.2 Å². The number of nitrogens with zero attached hydrogens (tertiary/aromatic N) is 2. The third-order valence-corrected chi connectivity index (χ3v) is 2.91. The summed E-state index contributed by atoms with van der Waals surface area (Å²) in [6, 6.07) is 7.32. The second-order valence-corrected chi connectivity index (χ2v) is 4.48. The van der Waals surface area contributed by atoms with E-state index in [9.17, 15) is 4.79 Å². The fraction of sp³-hybridized carbons (Fsp3) is 0. The molecule has 0 bridgehead atoms. The molecular formula is C13H9IN2O2. The molecule has 0 saturated carbocycles. The summed E-state index contributed by atoms with van der Waals surface area (Å²) in [4.78, 5) is 19.5. The Kier molecular flexibility index (Phi) is 4.40. The van der Waals surface area contributed by atoms with Gasteiger partial charge in [-0.1, -0.05) is 12.1 Å². The number of hydrogen-bond donors (Lipinski definition) is 0. The van der Waals surface area contributed by atoms with E-state index in [1.165, 1.54) is 6.08 Å². The first-order valence-corrected chi connectivity index (χ1v) is 6.24. The number of hydrogen-bond acceptors (Lipinski definition) is 4. The largest absolute Gasteiger partial charge is 0.422 e. The van der Waals surface area contributed by atoms with Gasteiger partial charge in [0.25, 0.3) is 0 Å². The molecule has 0 amide bonds. The minimum atomic E-state index is -0.440. The molecule has 0 aliphatic heterocycles. The third-order valence-electron chi connectivity index (χ3n) is 2.02. The van der Waals surface area contributed by atoms with Gasteiger partial charge in [-0.05, 0) is 40.8 Å². The van der Waals surface area contributed by atoms with Crippen LogP contribution in [0.1, 0.15) is 5.69 Å². The number of aromatic nitrogens is 2. The predicted molar refractivity (Wildman–Crippen MR) is 75.9 cm³/mol. The molecule has 0 unspecified atom stereocenters. The van der Waals surface area contributed by atoms with Crippen LogP contribution in [0.2, 0.25) is 0 Å². The smallest absolute Gasteiger partial charge is 0.336 e. The van der Waals surface area contributed by atoms with E-state index in [4.69, 9.17) is 4.74 Å². The summed E-state index contributed by atoms with van der Waals surface area (Å²) >= 11 is 2.11. The van der Waals surface area contributed by atoms with E-state index < -0.39 is 5.97 Å². The lowest BCUT2D eigenvalue weighted by molar-refractivity contribution is -0.128. The van der Waals surface area contributed by atoms with Crippen molar-refractivity contribution < 1.29 is 9.53 Å². The molecule has 0 spiro atoms. The van der Waals surface area contributed by atoms with E-state index >= 15 is 0 Å². The number of ether oxygens (including phenoxy) is 1. The maximum atomic E-state index is 11.6. The van der Waals surface area contributed by atoms with Gasteiger partial charge < -0.3 is 4.74 Å². The minimum absolute atomic E-state index is 0.440. The normalized spacial score (nSPS) is 10.5. The molecule has 0 aliphatic carbocycles. The van der Waals surface area contributed by atoms with Crippen LogP contribution in [0.4, 0.5) is 0 Å². The average molecular weight is 352 g/mol. The lowest BCUT2D eigenvalue weighted by atomic mass is 10.3. The molecule has 0 atom stereocenters. The van der Waals surface area contributed by atoms with Crippen molar-refractivity contribution in [2.45, 2.75) is 0 Å². The summed E-state index contributed by atoms with van der Waals surface area (Å²) in [5.74, 6) is 0.108. The Balaban J connectivity index is 2.02. The van der Waals surface area contributed by atoms with E-state index in [1.807, 2.05) is 18.2 Å². The first kappa shape index (κ1) is 12.7. The zero-order valence-electron chi connectivity index (χ0n) is 9.29. The number of carbonyl (C=O) groups is 1. The van der Waals surface area contributed by atoms with Crippen molar-refractivity contribution in [1.29, 1.82) is 0 Å². The molecule has 18 heavy (non-hydrogen) atoms. The van der Waals surface area contributed by atoms with Crippen molar-refractivity contribution >= 4 is 34.6 Å². The molecule has 2 rings (SSSR count). The number of halogens is 1. The summed E-state index contributed by atoms with van der Waals surface area (Å²) in [6.45, 7) is 0. The van der Waals surface area contributed by atoms with Gasteiger partial charge in [-0.15, -0.1) is 0 Å². The molecule has 90 valence electrons. The molecule has 0 aliphatic rings. The van der Waals surface area contributed by atoms with E-state index in [0.29, 0.717) is 11.4 Å². The van der Waals surface area contributed by atoms with Crippen molar-refractivity contribution in [3.8, 4) is 5.75 Å². The maximum Gasteiger partial charge on any atom is 0.336 e. The van der Waals surface area contributed by atoms with Crippen LogP contribution in [0.15, 0.2) is 48.9 Å². The van der Waals surface area contributed by atoms with E-state index in [1.54, 1.807) is 30.7 Å². The van der Waals surface area contributed by atoms with Crippen LogP contribution in [0, 0.1) is 3.57 Å². The number of para-hydroxylation sites is 1. The molecule has 0 radical (unpaired) electrons. The SMILES string of the molecule is O=C(C=Cc1cnccn1)Oc1ccccc1I. The average Bonchev–Trinajstić information content (AvgIpc) is 2.40. The van der Waals surface area contributed by atoms with Crippen molar-refractivity contribution in [3.63, 3.8) is 0 Å². The lowest BCUT2D eigenvalue weighted by Gasteiger charge is -2.02. The second kappa shape index (κ2) is 6.25. The third kappa shape index (κ3) is 3.63. The zero-order valence-corrected chi connectivity index (χ0v) is 11.4. The van der Waals surface area contributed by atoms with Gasteiger partial charge in [0.2, 0.25) is 0 Å². The van der Waals surface area contributed by atoms with Crippen molar-refractivity contribution in [2.75, 3.05) is 0 Å². The van der Waals surface area contributed by atoms with Gasteiger partial charge in [0, 0.05) is 18.5 Å². The van der Waals surface area contributed by atoms with Crippen LogP contribution in [0.5, 0.6) is 5.75 Å². The van der Waals surface area contributed by atoms with Crippen molar-refractivity contribution in [1.82, 2.24) is 9.97 Å². The van der Waals surface area contributed by atoms with Crippen LogP contribution >= 0.6 is 22.6 Å². The Morgan fingerprint density at radius 1 is 1.28 bits per heavy atom. The fourth-order valence-electron chi connectivity index (χ4n) is 1.22. The molecule has 4 nitrogen and oxygen atoms in total. The highest BCUT2D eigenvalue weighted by atomic mass is 127. The summed E-state index contributed by atoms with van der Waals surface area (Å²) in [5, 5.41) is 0. The van der Waals surface area contributed by atoms with Crippen LogP contribution in [0.3, 0.4) is 0 Å². The summed E-state index contributed by atoms with van der Waals surface area (Å²) in [7, 11) is 0. The molecule has 1 aromatic heterocycles. The Morgan fingerprint density at radius 3 is 2.83 bits per heavy atom. The van der Waals surface area contributed by atoms with Gasteiger partial charge in [-0.25, -0.2) is 4.79 Å². The molecule has 0 N–H and O–H groups in total. The molecule has 0 fully saturated rings.